The Balaban J connectivity index is 2.48. The van der Waals surface area contributed by atoms with Crippen LogP contribution in [0.2, 0.25) is 0 Å². The largest absolute Gasteiger partial charge is 0.469 e. The molecule has 0 bridgehead atoms. The third-order valence-electron chi connectivity index (χ3n) is 4.27. The number of nitrogens with one attached hydrogen (secondary N) is 1. The van der Waals surface area contributed by atoms with Crippen LogP contribution >= 0.6 is 15.9 Å². The fourth-order valence-electron chi connectivity index (χ4n) is 2.10. The van der Waals surface area contributed by atoms with Gasteiger partial charge in [0.25, 0.3) is 0 Å². The van der Waals surface area contributed by atoms with Crippen LogP contribution in [-0.4, -0.2) is 38.4 Å². The predicted octanol–water partition coefficient (Wildman–Crippen LogP) is 2.52. The van der Waals surface area contributed by atoms with Gasteiger partial charge in [0.2, 0.25) is 0 Å². The molecule has 1 N–H and O–H groups in total. The lowest BCUT2D eigenvalue weighted by Gasteiger charge is -2.40. The molecular formula is C14H20BrN5O2. The van der Waals surface area contributed by atoms with Gasteiger partial charge in [-0.3, -0.25) is 4.79 Å². The van der Waals surface area contributed by atoms with Crippen molar-refractivity contribution in [1.82, 2.24) is 19.7 Å². The van der Waals surface area contributed by atoms with Crippen LogP contribution in [0.3, 0.4) is 0 Å². The van der Waals surface area contributed by atoms with Gasteiger partial charge in [-0.05, 0) is 43.6 Å². The lowest BCUT2D eigenvalue weighted by atomic mass is 9.74. The summed E-state index contributed by atoms with van der Waals surface area (Å²) in [6.45, 7) is 7.54. The molecule has 7 nitrogen and oxygen atoms in total. The number of methoxy groups -OCH3 is 1. The zero-order valence-electron chi connectivity index (χ0n) is 13.6. The van der Waals surface area contributed by atoms with Crippen molar-refractivity contribution in [1.29, 1.82) is 0 Å². The standard InChI is InChI=1S/C14H20BrN5O2/c1-13(2,12(21)22-6)14(3,4)18-10-8-9(15)19-20(5)11(8)17-7-16-10/h7H,1-6H3,(H,16,17,18). The Bertz CT molecular complexity index is 723. The highest BCUT2D eigenvalue weighted by molar-refractivity contribution is 9.10. The summed E-state index contributed by atoms with van der Waals surface area (Å²) in [5.74, 6) is 0.326. The second-order valence-corrected chi connectivity index (χ2v) is 6.95. The number of carbonyl (C=O) groups is 1. The summed E-state index contributed by atoms with van der Waals surface area (Å²) in [6, 6.07) is 0. The summed E-state index contributed by atoms with van der Waals surface area (Å²) in [7, 11) is 3.20. The van der Waals surface area contributed by atoms with Crippen LogP contribution in [0.5, 0.6) is 0 Å². The van der Waals surface area contributed by atoms with Crippen LogP contribution < -0.4 is 5.32 Å². The van der Waals surface area contributed by atoms with E-state index in [1.54, 1.807) is 4.68 Å². The second-order valence-electron chi connectivity index (χ2n) is 6.20. The minimum Gasteiger partial charge on any atom is -0.469 e. The Labute approximate surface area is 137 Å². The minimum absolute atomic E-state index is 0.291. The number of nitrogens with zero attached hydrogens (tertiary/aromatic N) is 4. The molecule has 2 aromatic rings. The normalized spacial score (nSPS) is 12.5. The van der Waals surface area contributed by atoms with E-state index in [0.29, 0.717) is 16.1 Å². The van der Waals surface area contributed by atoms with Crippen molar-refractivity contribution in [2.75, 3.05) is 12.4 Å². The van der Waals surface area contributed by atoms with Crippen molar-refractivity contribution in [2.24, 2.45) is 12.5 Å². The molecule has 0 aliphatic rings. The van der Waals surface area contributed by atoms with Crippen LogP contribution in [-0.2, 0) is 16.6 Å². The van der Waals surface area contributed by atoms with Crippen molar-refractivity contribution >= 4 is 38.8 Å². The molecule has 0 unspecified atom stereocenters. The molecule has 0 saturated carbocycles. The number of ether oxygens (including phenoxy) is 1. The second kappa shape index (κ2) is 5.49. The smallest absolute Gasteiger partial charge is 0.313 e. The molecule has 2 aromatic heterocycles. The maximum Gasteiger partial charge on any atom is 0.313 e. The number of rotatable bonds is 4. The molecule has 0 atom stereocenters. The molecule has 22 heavy (non-hydrogen) atoms. The Morgan fingerprint density at radius 1 is 1.32 bits per heavy atom. The average Bonchev–Trinajstić information content (AvgIpc) is 2.73. The zero-order valence-corrected chi connectivity index (χ0v) is 15.1. The first-order valence-electron chi connectivity index (χ1n) is 6.81. The molecule has 0 radical (unpaired) electrons. The number of hydrogen-bond acceptors (Lipinski definition) is 6. The molecule has 120 valence electrons. The van der Waals surface area contributed by atoms with Gasteiger partial charge in [-0.25, -0.2) is 14.6 Å². The van der Waals surface area contributed by atoms with E-state index in [4.69, 9.17) is 4.74 Å². The van der Waals surface area contributed by atoms with E-state index >= 15 is 0 Å². The van der Waals surface area contributed by atoms with Crippen molar-refractivity contribution < 1.29 is 9.53 Å². The summed E-state index contributed by atoms with van der Waals surface area (Å²) in [5, 5.41) is 8.41. The van der Waals surface area contributed by atoms with E-state index in [1.807, 2.05) is 34.7 Å². The molecule has 0 spiro atoms. The number of aryl methyl sites for hydroxylation is 1. The van der Waals surface area contributed by atoms with Crippen molar-refractivity contribution in [3.05, 3.63) is 10.9 Å². The van der Waals surface area contributed by atoms with E-state index < -0.39 is 11.0 Å². The molecule has 0 saturated heterocycles. The monoisotopic (exact) mass is 369 g/mol. The number of esters is 1. The molecule has 0 fully saturated rings. The molecular weight excluding hydrogens is 350 g/mol. The molecule has 0 amide bonds. The molecule has 2 heterocycles. The van der Waals surface area contributed by atoms with Gasteiger partial charge in [-0.1, -0.05) is 0 Å². The average molecular weight is 370 g/mol. The van der Waals surface area contributed by atoms with Gasteiger partial charge >= 0.3 is 5.97 Å². The van der Waals surface area contributed by atoms with Gasteiger partial charge in [-0.2, -0.15) is 5.10 Å². The summed E-state index contributed by atoms with van der Waals surface area (Å²) in [4.78, 5) is 20.6. The first-order chi connectivity index (χ1) is 10.1. The lowest BCUT2D eigenvalue weighted by molar-refractivity contribution is -0.153. The Kier molecular flexibility index (Phi) is 4.16. The molecule has 8 heteroatoms. The van der Waals surface area contributed by atoms with Crippen LogP contribution in [0.15, 0.2) is 10.9 Å². The first-order valence-corrected chi connectivity index (χ1v) is 7.61. The molecule has 0 aliphatic heterocycles. The van der Waals surface area contributed by atoms with E-state index in [2.05, 4.69) is 36.3 Å². The van der Waals surface area contributed by atoms with E-state index in [1.165, 1.54) is 13.4 Å². The van der Waals surface area contributed by atoms with Gasteiger partial charge < -0.3 is 10.1 Å². The van der Waals surface area contributed by atoms with Crippen LogP contribution in [0, 0.1) is 5.41 Å². The van der Waals surface area contributed by atoms with E-state index in [0.717, 1.165) is 5.39 Å². The third kappa shape index (κ3) is 2.55. The van der Waals surface area contributed by atoms with Crippen molar-refractivity contribution in [3.63, 3.8) is 0 Å². The predicted molar refractivity (Wildman–Crippen MR) is 87.5 cm³/mol. The summed E-state index contributed by atoms with van der Waals surface area (Å²) >= 11 is 3.43. The topological polar surface area (TPSA) is 81.9 Å². The molecule has 2 rings (SSSR count). The van der Waals surface area contributed by atoms with Gasteiger partial charge in [-0.15, -0.1) is 0 Å². The van der Waals surface area contributed by atoms with Crippen LogP contribution in [0.1, 0.15) is 27.7 Å². The lowest BCUT2D eigenvalue weighted by Crippen LogP contribution is -2.51. The zero-order chi connectivity index (χ0) is 16.7. The SMILES string of the molecule is COC(=O)C(C)(C)C(C)(C)Nc1ncnc2c1c(Br)nn2C. The van der Waals surface area contributed by atoms with Gasteiger partial charge in [0.15, 0.2) is 5.65 Å². The van der Waals surface area contributed by atoms with E-state index in [-0.39, 0.29) is 5.97 Å². The van der Waals surface area contributed by atoms with Gasteiger partial charge in [0.1, 0.15) is 16.7 Å². The number of fused-ring (bicyclic) bond motifs is 1. The molecule has 0 aromatic carbocycles. The summed E-state index contributed by atoms with van der Waals surface area (Å²) in [6.07, 6.45) is 1.47. The fourth-order valence-corrected chi connectivity index (χ4v) is 2.70. The highest BCUT2D eigenvalue weighted by Gasteiger charge is 2.45. The minimum atomic E-state index is -0.756. The highest BCUT2D eigenvalue weighted by atomic mass is 79.9. The first kappa shape index (κ1) is 16.7. The quantitative estimate of drug-likeness (QED) is 0.833. The summed E-state index contributed by atoms with van der Waals surface area (Å²) in [5.41, 5.74) is -0.652. The number of carbonyl (C=O) groups excluding carboxylic acids is 1. The highest BCUT2D eigenvalue weighted by Crippen LogP contribution is 2.37. The fraction of sp³-hybridized carbons (Fsp3) is 0.571. The maximum absolute atomic E-state index is 12.1. The number of hydrogen-bond donors (Lipinski definition) is 1. The van der Waals surface area contributed by atoms with Crippen molar-refractivity contribution in [2.45, 2.75) is 33.2 Å². The Morgan fingerprint density at radius 3 is 2.55 bits per heavy atom. The van der Waals surface area contributed by atoms with Gasteiger partial charge in [0.05, 0.1) is 17.9 Å². The summed E-state index contributed by atoms with van der Waals surface area (Å²) < 4.78 is 7.24. The van der Waals surface area contributed by atoms with Crippen LogP contribution in [0.25, 0.3) is 11.0 Å². The van der Waals surface area contributed by atoms with Gasteiger partial charge in [0, 0.05) is 12.6 Å². The third-order valence-corrected chi connectivity index (χ3v) is 4.82. The Morgan fingerprint density at radius 2 is 1.95 bits per heavy atom. The van der Waals surface area contributed by atoms with Crippen LogP contribution in [0.4, 0.5) is 5.82 Å². The number of aromatic nitrogens is 4. The maximum atomic E-state index is 12.1. The number of anilines is 1. The van der Waals surface area contributed by atoms with Crippen molar-refractivity contribution in [3.8, 4) is 0 Å². The number of halogens is 1. The molecule has 0 aliphatic carbocycles. The Hall–Kier alpha value is -1.70. The van der Waals surface area contributed by atoms with E-state index in [9.17, 15) is 4.79 Å².